The van der Waals surface area contributed by atoms with E-state index in [1.54, 1.807) is 25.3 Å². The van der Waals surface area contributed by atoms with Crippen molar-refractivity contribution in [3.05, 3.63) is 47.0 Å². The maximum absolute atomic E-state index is 13.1. The van der Waals surface area contributed by atoms with Gasteiger partial charge in [0, 0.05) is 36.9 Å². The van der Waals surface area contributed by atoms with Crippen LogP contribution in [0.15, 0.2) is 35.9 Å². The largest absolute Gasteiger partial charge is 0.496 e. The van der Waals surface area contributed by atoms with E-state index >= 15 is 0 Å². The summed E-state index contributed by atoms with van der Waals surface area (Å²) in [6, 6.07) is 9.03. The SMILES string of the molecule is CCC(=Cc1cc2c(cc1OC)OCCO2)C(=O)c1ccc(N(C)C)c(N)c1. The van der Waals surface area contributed by atoms with E-state index < -0.39 is 0 Å². The number of ether oxygens (including phenoxy) is 3. The minimum atomic E-state index is -0.0588. The number of carbonyl (C=O) groups excluding carboxylic acids is 1. The number of methoxy groups -OCH3 is 1. The van der Waals surface area contributed by atoms with E-state index in [1.807, 2.05) is 44.1 Å². The van der Waals surface area contributed by atoms with Gasteiger partial charge in [0.05, 0.1) is 18.5 Å². The number of allylic oxidation sites excluding steroid dienone is 1. The number of hydrogen-bond donors (Lipinski definition) is 1. The van der Waals surface area contributed by atoms with Gasteiger partial charge >= 0.3 is 0 Å². The molecule has 0 atom stereocenters. The van der Waals surface area contributed by atoms with E-state index in [1.165, 1.54) is 0 Å². The molecule has 0 aromatic heterocycles. The molecule has 2 aromatic carbocycles. The van der Waals surface area contributed by atoms with Gasteiger partial charge in [0.2, 0.25) is 0 Å². The molecule has 1 heterocycles. The molecule has 0 unspecified atom stereocenters. The molecule has 2 aromatic rings. The summed E-state index contributed by atoms with van der Waals surface area (Å²) in [6.45, 7) is 2.96. The predicted molar refractivity (Wildman–Crippen MR) is 112 cm³/mol. The van der Waals surface area contributed by atoms with E-state index in [0.29, 0.717) is 53.7 Å². The summed E-state index contributed by atoms with van der Waals surface area (Å²) in [7, 11) is 5.42. The average molecular weight is 382 g/mol. The van der Waals surface area contributed by atoms with Crippen LogP contribution in [0.1, 0.15) is 29.3 Å². The fourth-order valence-corrected chi connectivity index (χ4v) is 3.18. The number of nitrogens with two attached hydrogens (primary N) is 1. The molecule has 0 saturated carbocycles. The number of nitrogens with zero attached hydrogens (tertiary/aromatic N) is 1. The van der Waals surface area contributed by atoms with Crippen LogP contribution in [-0.4, -0.2) is 40.2 Å². The molecule has 0 amide bonds. The first-order valence-electron chi connectivity index (χ1n) is 9.24. The first-order valence-corrected chi connectivity index (χ1v) is 9.24. The van der Waals surface area contributed by atoms with Gasteiger partial charge in [0.25, 0.3) is 0 Å². The van der Waals surface area contributed by atoms with Crippen LogP contribution in [0.4, 0.5) is 11.4 Å². The van der Waals surface area contributed by atoms with Crippen LogP contribution in [0.3, 0.4) is 0 Å². The number of Topliss-reactive ketones (excluding diaryl/α,β-unsaturated/α-hetero) is 1. The molecule has 6 heteroatoms. The van der Waals surface area contributed by atoms with Crippen LogP contribution in [0, 0.1) is 0 Å². The molecule has 1 aliphatic rings. The highest BCUT2D eigenvalue weighted by molar-refractivity contribution is 6.12. The Morgan fingerprint density at radius 2 is 1.86 bits per heavy atom. The van der Waals surface area contributed by atoms with Gasteiger partial charge in [-0.25, -0.2) is 0 Å². The number of anilines is 2. The molecule has 0 aliphatic carbocycles. The zero-order chi connectivity index (χ0) is 20.3. The summed E-state index contributed by atoms with van der Waals surface area (Å²) in [5, 5.41) is 0. The maximum atomic E-state index is 13.1. The summed E-state index contributed by atoms with van der Waals surface area (Å²) < 4.78 is 16.7. The Morgan fingerprint density at radius 3 is 2.43 bits per heavy atom. The summed E-state index contributed by atoms with van der Waals surface area (Å²) >= 11 is 0. The van der Waals surface area contributed by atoms with Crippen LogP contribution >= 0.6 is 0 Å². The van der Waals surface area contributed by atoms with Crippen molar-refractivity contribution in [3.63, 3.8) is 0 Å². The Hall–Kier alpha value is -3.15. The highest BCUT2D eigenvalue weighted by Gasteiger charge is 2.18. The quantitative estimate of drug-likeness (QED) is 0.465. The maximum Gasteiger partial charge on any atom is 0.189 e. The van der Waals surface area contributed by atoms with Gasteiger partial charge in [-0.3, -0.25) is 4.79 Å². The first-order chi connectivity index (χ1) is 13.4. The van der Waals surface area contributed by atoms with Crippen molar-refractivity contribution in [3.8, 4) is 17.2 Å². The van der Waals surface area contributed by atoms with Gasteiger partial charge in [-0.05, 0) is 36.8 Å². The van der Waals surface area contributed by atoms with E-state index in [2.05, 4.69) is 0 Å². The second-order valence-electron chi connectivity index (χ2n) is 6.76. The average Bonchev–Trinajstić information content (AvgIpc) is 2.70. The lowest BCUT2D eigenvalue weighted by atomic mass is 9.97. The topological polar surface area (TPSA) is 74.0 Å². The third-order valence-electron chi connectivity index (χ3n) is 4.67. The van der Waals surface area contributed by atoms with E-state index in [9.17, 15) is 4.79 Å². The molecule has 3 rings (SSSR count). The van der Waals surface area contributed by atoms with E-state index in [0.717, 1.165) is 11.3 Å². The standard InChI is InChI=1S/C22H26N2O4/c1-5-14(22(25)15-6-7-18(24(2)3)17(23)11-15)10-16-12-20-21(13-19(16)26-4)28-9-8-27-20/h6-7,10-13H,5,8-9,23H2,1-4H3. The highest BCUT2D eigenvalue weighted by atomic mass is 16.6. The smallest absolute Gasteiger partial charge is 0.189 e. The first kappa shape index (κ1) is 19.6. The normalized spacial score (nSPS) is 13.2. The Morgan fingerprint density at radius 1 is 1.18 bits per heavy atom. The molecule has 0 bridgehead atoms. The Labute approximate surface area is 165 Å². The molecule has 1 aliphatic heterocycles. The number of rotatable bonds is 6. The Bertz CT molecular complexity index is 919. The molecule has 0 fully saturated rings. The monoisotopic (exact) mass is 382 g/mol. The number of fused-ring (bicyclic) bond motifs is 1. The van der Waals surface area contributed by atoms with Crippen molar-refractivity contribution < 1.29 is 19.0 Å². The van der Waals surface area contributed by atoms with Crippen molar-refractivity contribution in [2.75, 3.05) is 45.1 Å². The third-order valence-corrected chi connectivity index (χ3v) is 4.67. The van der Waals surface area contributed by atoms with Crippen LogP contribution in [0.5, 0.6) is 17.2 Å². The van der Waals surface area contributed by atoms with Gasteiger partial charge in [-0.1, -0.05) is 6.92 Å². The minimum Gasteiger partial charge on any atom is -0.496 e. The molecule has 6 nitrogen and oxygen atoms in total. The predicted octanol–water partition coefficient (Wildman–Crippen LogP) is 3.79. The summed E-state index contributed by atoms with van der Waals surface area (Å²) in [5.41, 5.74) is 9.56. The molecule has 0 radical (unpaired) electrons. The second-order valence-corrected chi connectivity index (χ2v) is 6.76. The van der Waals surface area contributed by atoms with Gasteiger partial charge in [-0.2, -0.15) is 0 Å². The highest BCUT2D eigenvalue weighted by Crippen LogP contribution is 2.38. The van der Waals surface area contributed by atoms with Crippen molar-refractivity contribution in [1.29, 1.82) is 0 Å². The van der Waals surface area contributed by atoms with Crippen LogP contribution in [-0.2, 0) is 0 Å². The number of hydrogen-bond acceptors (Lipinski definition) is 6. The molecule has 2 N–H and O–H groups in total. The number of benzene rings is 2. The molecule has 0 spiro atoms. The fraction of sp³-hybridized carbons (Fsp3) is 0.318. The van der Waals surface area contributed by atoms with E-state index in [-0.39, 0.29) is 5.78 Å². The molecular weight excluding hydrogens is 356 g/mol. The van der Waals surface area contributed by atoms with E-state index in [4.69, 9.17) is 19.9 Å². The van der Waals surface area contributed by atoms with Gasteiger partial charge in [0.15, 0.2) is 17.3 Å². The second kappa shape index (κ2) is 8.25. The van der Waals surface area contributed by atoms with Crippen LogP contribution in [0.25, 0.3) is 6.08 Å². The lowest BCUT2D eigenvalue weighted by Crippen LogP contribution is -2.15. The zero-order valence-electron chi connectivity index (χ0n) is 16.7. The Kier molecular flexibility index (Phi) is 5.78. The fourth-order valence-electron chi connectivity index (χ4n) is 3.18. The van der Waals surface area contributed by atoms with Crippen molar-refractivity contribution in [1.82, 2.24) is 0 Å². The summed E-state index contributed by atoms with van der Waals surface area (Å²) in [5.74, 6) is 1.87. The van der Waals surface area contributed by atoms with Gasteiger partial charge < -0.3 is 24.8 Å². The van der Waals surface area contributed by atoms with Crippen molar-refractivity contribution in [2.24, 2.45) is 0 Å². The number of nitrogen functional groups attached to an aromatic ring is 1. The Balaban J connectivity index is 1.98. The number of ketones is 1. The summed E-state index contributed by atoms with van der Waals surface area (Å²) in [6.07, 6.45) is 2.42. The van der Waals surface area contributed by atoms with Crippen molar-refractivity contribution in [2.45, 2.75) is 13.3 Å². The van der Waals surface area contributed by atoms with Crippen LogP contribution in [0.2, 0.25) is 0 Å². The third kappa shape index (κ3) is 3.91. The van der Waals surface area contributed by atoms with Gasteiger partial charge in [0.1, 0.15) is 19.0 Å². The minimum absolute atomic E-state index is 0.0588. The van der Waals surface area contributed by atoms with Crippen LogP contribution < -0.4 is 24.8 Å². The van der Waals surface area contributed by atoms with Gasteiger partial charge in [-0.15, -0.1) is 0 Å². The zero-order valence-corrected chi connectivity index (χ0v) is 16.7. The number of carbonyl (C=O) groups is 1. The lowest BCUT2D eigenvalue weighted by Gasteiger charge is -2.20. The molecule has 148 valence electrons. The molecule has 0 saturated heterocycles. The molecule has 28 heavy (non-hydrogen) atoms. The molecular formula is C22H26N2O4. The summed E-state index contributed by atoms with van der Waals surface area (Å²) in [4.78, 5) is 15.0. The lowest BCUT2D eigenvalue weighted by molar-refractivity contribution is 0.103. The van der Waals surface area contributed by atoms with Crippen molar-refractivity contribution >= 4 is 23.2 Å².